The van der Waals surface area contributed by atoms with Crippen molar-refractivity contribution in [3.05, 3.63) is 16.0 Å². The van der Waals surface area contributed by atoms with E-state index >= 15 is 0 Å². The highest BCUT2D eigenvalue weighted by molar-refractivity contribution is 7.17. The molecule has 6 nitrogen and oxygen atoms in total. The molecule has 0 aliphatic heterocycles. The van der Waals surface area contributed by atoms with Crippen LogP contribution in [0, 0.1) is 5.92 Å². The van der Waals surface area contributed by atoms with Crippen molar-refractivity contribution < 1.29 is 23.9 Å². The first-order valence-electron chi connectivity index (χ1n) is 9.52. The molecule has 0 unspecified atom stereocenters. The zero-order valence-corrected chi connectivity index (χ0v) is 17.6. The van der Waals surface area contributed by atoms with Crippen LogP contribution in [0.5, 0.6) is 0 Å². The van der Waals surface area contributed by atoms with Crippen LogP contribution in [0.4, 0.5) is 5.00 Å². The fourth-order valence-corrected chi connectivity index (χ4v) is 4.82. The van der Waals surface area contributed by atoms with E-state index in [0.717, 1.165) is 42.5 Å². The van der Waals surface area contributed by atoms with Crippen LogP contribution in [0.15, 0.2) is 0 Å². The van der Waals surface area contributed by atoms with E-state index < -0.39 is 23.4 Å². The summed E-state index contributed by atoms with van der Waals surface area (Å²) in [5.41, 5.74) is 0.123. The van der Waals surface area contributed by atoms with Crippen molar-refractivity contribution in [2.24, 2.45) is 5.92 Å². The molecule has 0 spiro atoms. The molecule has 0 radical (unpaired) electrons. The van der Waals surface area contributed by atoms with Gasteiger partial charge in [-0.15, -0.1) is 11.3 Å². The van der Waals surface area contributed by atoms with Crippen molar-refractivity contribution in [3.8, 4) is 0 Å². The van der Waals surface area contributed by atoms with Gasteiger partial charge in [0, 0.05) is 11.8 Å². The van der Waals surface area contributed by atoms with Gasteiger partial charge in [0.15, 0.2) is 5.60 Å². The summed E-state index contributed by atoms with van der Waals surface area (Å²) in [5.74, 6) is -0.803. The van der Waals surface area contributed by atoms with E-state index in [0.29, 0.717) is 16.5 Å². The number of ether oxygens (including phenoxy) is 2. The Hall–Kier alpha value is -1.89. The Morgan fingerprint density at radius 2 is 1.96 bits per heavy atom. The average molecular weight is 396 g/mol. The van der Waals surface area contributed by atoms with Crippen LogP contribution in [0.25, 0.3) is 0 Å². The number of carbonyl (C=O) groups excluding carboxylic acids is 3. The number of nitrogens with one attached hydrogen (secondary N) is 1. The van der Waals surface area contributed by atoms with Crippen LogP contribution in [0.2, 0.25) is 0 Å². The third-order valence-corrected chi connectivity index (χ3v) is 5.89. The summed E-state index contributed by atoms with van der Waals surface area (Å²) in [6.45, 7) is 8.52. The molecule has 1 aromatic heterocycles. The maximum Gasteiger partial charge on any atom is 0.341 e. The van der Waals surface area contributed by atoms with Gasteiger partial charge in [-0.1, -0.05) is 19.8 Å². The molecule has 0 bridgehead atoms. The molecule has 0 aromatic carbocycles. The Morgan fingerprint density at radius 1 is 1.26 bits per heavy atom. The van der Waals surface area contributed by atoms with Crippen molar-refractivity contribution in [2.45, 2.75) is 72.3 Å². The van der Waals surface area contributed by atoms with Crippen LogP contribution < -0.4 is 5.32 Å². The van der Waals surface area contributed by atoms with E-state index in [9.17, 15) is 14.4 Å². The van der Waals surface area contributed by atoms with Gasteiger partial charge in [-0.05, 0) is 51.5 Å². The first kappa shape index (κ1) is 21.4. The van der Waals surface area contributed by atoms with E-state index in [1.807, 2.05) is 0 Å². The maximum absolute atomic E-state index is 12.6. The predicted octanol–water partition coefficient (Wildman–Crippen LogP) is 4.11. The SMILES string of the molecule is CCC[C@H]1CCc2c(sc(NC(=O)C(C)(C)OC(C)=O)c2C(=O)OCC)C1. The number of hydrogen-bond donors (Lipinski definition) is 1. The van der Waals surface area contributed by atoms with Gasteiger partial charge in [0.25, 0.3) is 5.91 Å². The van der Waals surface area contributed by atoms with Crippen molar-refractivity contribution in [1.29, 1.82) is 0 Å². The quantitative estimate of drug-likeness (QED) is 0.703. The van der Waals surface area contributed by atoms with Gasteiger partial charge < -0.3 is 14.8 Å². The van der Waals surface area contributed by atoms with Crippen LogP contribution in [-0.4, -0.2) is 30.1 Å². The standard InChI is InChI=1S/C20H29NO5S/c1-6-8-13-9-10-14-15(11-13)27-17(16(14)18(23)25-7-2)21-19(24)20(4,5)26-12(3)22/h13H,6-11H2,1-5H3,(H,21,24)/t13-/m0/s1. The molecule has 1 aliphatic carbocycles. The van der Waals surface area contributed by atoms with E-state index in [-0.39, 0.29) is 6.61 Å². The summed E-state index contributed by atoms with van der Waals surface area (Å²) in [6, 6.07) is 0. The molecule has 1 aliphatic rings. The van der Waals surface area contributed by atoms with Crippen LogP contribution >= 0.6 is 11.3 Å². The number of hydrogen-bond acceptors (Lipinski definition) is 6. The number of rotatable bonds is 7. The van der Waals surface area contributed by atoms with Gasteiger partial charge in [-0.2, -0.15) is 0 Å². The van der Waals surface area contributed by atoms with E-state index in [2.05, 4.69) is 12.2 Å². The lowest BCUT2D eigenvalue weighted by Crippen LogP contribution is -2.41. The molecule has 2 rings (SSSR count). The molecule has 0 fully saturated rings. The highest BCUT2D eigenvalue weighted by Gasteiger charge is 2.35. The highest BCUT2D eigenvalue weighted by Crippen LogP contribution is 2.41. The van der Waals surface area contributed by atoms with Crippen LogP contribution in [0.3, 0.4) is 0 Å². The fraction of sp³-hybridized carbons (Fsp3) is 0.650. The molecule has 0 saturated carbocycles. The Morgan fingerprint density at radius 3 is 2.56 bits per heavy atom. The van der Waals surface area contributed by atoms with Crippen LogP contribution in [0.1, 0.15) is 74.7 Å². The van der Waals surface area contributed by atoms with Gasteiger partial charge in [0.2, 0.25) is 0 Å². The van der Waals surface area contributed by atoms with Crippen molar-refractivity contribution in [1.82, 2.24) is 0 Å². The summed E-state index contributed by atoms with van der Waals surface area (Å²) < 4.78 is 10.3. The van der Waals surface area contributed by atoms with Crippen molar-refractivity contribution in [2.75, 3.05) is 11.9 Å². The average Bonchev–Trinajstić information content (AvgIpc) is 2.91. The number of amides is 1. The van der Waals surface area contributed by atoms with E-state index in [1.165, 1.54) is 32.1 Å². The van der Waals surface area contributed by atoms with Gasteiger partial charge >= 0.3 is 11.9 Å². The summed E-state index contributed by atoms with van der Waals surface area (Å²) in [5, 5.41) is 3.29. The van der Waals surface area contributed by atoms with Crippen molar-refractivity contribution >= 4 is 34.2 Å². The number of carbonyl (C=O) groups is 3. The summed E-state index contributed by atoms with van der Waals surface area (Å²) in [7, 11) is 0. The topological polar surface area (TPSA) is 81.7 Å². The van der Waals surface area contributed by atoms with Crippen LogP contribution in [-0.2, 0) is 31.9 Å². The molecule has 7 heteroatoms. The lowest BCUT2D eigenvalue weighted by Gasteiger charge is -2.23. The zero-order chi connectivity index (χ0) is 20.2. The summed E-state index contributed by atoms with van der Waals surface area (Å²) in [4.78, 5) is 37.6. The number of anilines is 1. The number of fused-ring (bicyclic) bond motifs is 1. The monoisotopic (exact) mass is 395 g/mol. The Kier molecular flexibility index (Phi) is 7.03. The third kappa shape index (κ3) is 5.09. The Labute approximate surface area is 164 Å². The Balaban J connectivity index is 2.33. The third-order valence-electron chi connectivity index (χ3n) is 4.72. The Bertz CT molecular complexity index is 722. The maximum atomic E-state index is 12.6. The minimum Gasteiger partial charge on any atom is -0.462 e. The fourth-order valence-electron chi connectivity index (χ4n) is 3.48. The molecule has 150 valence electrons. The predicted molar refractivity (Wildman–Crippen MR) is 105 cm³/mol. The van der Waals surface area contributed by atoms with E-state index in [4.69, 9.17) is 9.47 Å². The summed E-state index contributed by atoms with van der Waals surface area (Å²) in [6.07, 6.45) is 5.07. The number of esters is 2. The molecule has 1 aromatic rings. The molecular weight excluding hydrogens is 366 g/mol. The molecule has 1 amide bonds. The molecule has 27 heavy (non-hydrogen) atoms. The largest absolute Gasteiger partial charge is 0.462 e. The molecule has 1 N–H and O–H groups in total. The lowest BCUT2D eigenvalue weighted by atomic mass is 9.84. The second-order valence-corrected chi connectivity index (χ2v) is 8.49. The van der Waals surface area contributed by atoms with Gasteiger partial charge in [-0.3, -0.25) is 9.59 Å². The normalized spacial score (nSPS) is 16.4. The van der Waals surface area contributed by atoms with E-state index in [1.54, 1.807) is 6.92 Å². The molecule has 0 saturated heterocycles. The molecule has 1 atom stereocenters. The smallest absolute Gasteiger partial charge is 0.341 e. The molecule has 1 heterocycles. The minimum absolute atomic E-state index is 0.272. The van der Waals surface area contributed by atoms with Gasteiger partial charge in [0.05, 0.1) is 12.2 Å². The molecular formula is C20H29NO5S. The lowest BCUT2D eigenvalue weighted by molar-refractivity contribution is -0.160. The van der Waals surface area contributed by atoms with Gasteiger partial charge in [0.1, 0.15) is 5.00 Å². The highest BCUT2D eigenvalue weighted by atomic mass is 32.1. The van der Waals surface area contributed by atoms with Gasteiger partial charge in [-0.25, -0.2) is 4.79 Å². The van der Waals surface area contributed by atoms with Crippen molar-refractivity contribution in [3.63, 3.8) is 0 Å². The first-order valence-corrected chi connectivity index (χ1v) is 10.3. The first-order chi connectivity index (χ1) is 12.7. The summed E-state index contributed by atoms with van der Waals surface area (Å²) >= 11 is 1.44. The number of thiophene rings is 1. The zero-order valence-electron chi connectivity index (χ0n) is 16.8. The second-order valence-electron chi connectivity index (χ2n) is 7.38. The minimum atomic E-state index is -1.33. The second kappa shape index (κ2) is 8.87.